The highest BCUT2D eigenvalue weighted by molar-refractivity contribution is 7.89. The van der Waals surface area contributed by atoms with Crippen molar-refractivity contribution in [1.82, 2.24) is 14.6 Å². The van der Waals surface area contributed by atoms with Gasteiger partial charge in [-0.2, -0.15) is 4.31 Å². The van der Waals surface area contributed by atoms with Crippen molar-refractivity contribution >= 4 is 27.3 Å². The molecule has 3 heterocycles. The summed E-state index contributed by atoms with van der Waals surface area (Å²) in [5.41, 5.74) is 0.884. The predicted octanol–water partition coefficient (Wildman–Crippen LogP) is 2.29. The predicted molar refractivity (Wildman–Crippen MR) is 97.2 cm³/mol. The van der Waals surface area contributed by atoms with Gasteiger partial charge in [0, 0.05) is 37.9 Å². The maximum atomic E-state index is 12.8. The zero-order valence-electron chi connectivity index (χ0n) is 13.8. The molecule has 1 fully saturated rings. The van der Waals surface area contributed by atoms with Gasteiger partial charge in [-0.15, -0.1) is 11.3 Å². The molecule has 0 bridgehead atoms. The highest BCUT2D eigenvalue weighted by Crippen LogP contribution is 2.27. The average molecular weight is 380 g/mol. The van der Waals surface area contributed by atoms with E-state index in [2.05, 4.69) is 10.3 Å². The van der Waals surface area contributed by atoms with Crippen molar-refractivity contribution in [2.75, 3.05) is 19.6 Å². The summed E-state index contributed by atoms with van der Waals surface area (Å²) in [5, 5.41) is 4.45. The number of hydrogen-bond acceptors (Lipinski definition) is 5. The molecule has 0 aliphatic carbocycles. The Morgan fingerprint density at radius 2 is 2.00 bits per heavy atom. The summed E-state index contributed by atoms with van der Waals surface area (Å²) < 4.78 is 27.1. The van der Waals surface area contributed by atoms with Crippen molar-refractivity contribution in [2.45, 2.75) is 30.6 Å². The summed E-state index contributed by atoms with van der Waals surface area (Å²) in [7, 11) is -3.60. The number of sulfonamides is 1. The van der Waals surface area contributed by atoms with E-state index in [1.165, 1.54) is 10.4 Å². The summed E-state index contributed by atoms with van der Waals surface area (Å²) >= 11 is 1.16. The van der Waals surface area contributed by atoms with E-state index in [1.807, 2.05) is 18.2 Å². The highest BCUT2D eigenvalue weighted by Gasteiger charge is 2.30. The Balaban J connectivity index is 1.67. The monoisotopic (exact) mass is 379 g/mol. The second-order valence-corrected chi connectivity index (χ2v) is 8.73. The number of hydrogen-bond donors (Lipinski definition) is 1. The van der Waals surface area contributed by atoms with Crippen molar-refractivity contribution in [3.63, 3.8) is 0 Å². The molecule has 1 amide bonds. The fourth-order valence-electron chi connectivity index (χ4n) is 2.84. The Morgan fingerprint density at radius 3 is 2.72 bits per heavy atom. The van der Waals surface area contributed by atoms with Crippen LogP contribution in [0.4, 0.5) is 0 Å². The Hall–Kier alpha value is -1.77. The third kappa shape index (κ3) is 4.26. The van der Waals surface area contributed by atoms with Crippen molar-refractivity contribution < 1.29 is 13.2 Å². The molecule has 1 aliphatic rings. The molecule has 0 atom stereocenters. The van der Waals surface area contributed by atoms with Crippen LogP contribution in [0, 0.1) is 0 Å². The lowest BCUT2D eigenvalue weighted by atomic mass is 10.2. The summed E-state index contributed by atoms with van der Waals surface area (Å²) in [5.74, 6) is -0.346. The number of carbonyl (C=O) groups excluding carboxylic acids is 1. The van der Waals surface area contributed by atoms with Crippen molar-refractivity contribution in [2.24, 2.45) is 0 Å². The lowest BCUT2D eigenvalue weighted by Crippen LogP contribution is -2.36. The molecule has 134 valence electrons. The first-order valence-corrected chi connectivity index (χ1v) is 10.7. The Kier molecular flexibility index (Phi) is 5.82. The number of rotatable bonds is 6. The molecule has 3 rings (SSSR count). The van der Waals surface area contributed by atoms with Gasteiger partial charge < -0.3 is 5.32 Å². The van der Waals surface area contributed by atoms with Gasteiger partial charge in [-0.1, -0.05) is 12.5 Å². The summed E-state index contributed by atoms with van der Waals surface area (Å²) in [6, 6.07) is 7.16. The number of carbonyl (C=O) groups is 1. The van der Waals surface area contributed by atoms with Gasteiger partial charge in [-0.05, 0) is 36.4 Å². The fourth-order valence-corrected chi connectivity index (χ4v) is 5.67. The number of piperidine rings is 1. The normalized spacial score (nSPS) is 15.8. The lowest BCUT2D eigenvalue weighted by molar-refractivity contribution is 0.0955. The molecule has 6 nitrogen and oxygen atoms in total. The van der Waals surface area contributed by atoms with Gasteiger partial charge >= 0.3 is 0 Å². The first-order chi connectivity index (χ1) is 12.1. The molecule has 0 unspecified atom stereocenters. The maximum absolute atomic E-state index is 12.8. The summed E-state index contributed by atoms with van der Waals surface area (Å²) in [4.78, 5) is 17.0. The molecule has 1 aliphatic heterocycles. The van der Waals surface area contributed by atoms with Gasteiger partial charge in [-0.25, -0.2) is 8.42 Å². The van der Waals surface area contributed by atoms with Crippen molar-refractivity contribution in [3.8, 4) is 0 Å². The van der Waals surface area contributed by atoms with Crippen LogP contribution in [0.5, 0.6) is 0 Å². The lowest BCUT2D eigenvalue weighted by Gasteiger charge is -2.25. The second-order valence-electron chi connectivity index (χ2n) is 5.91. The van der Waals surface area contributed by atoms with Gasteiger partial charge in [-0.3, -0.25) is 9.78 Å². The SMILES string of the molecule is O=C(NCCc1ccccn1)c1sccc1S(=O)(=O)N1CCCCC1. The van der Waals surface area contributed by atoms with Crippen molar-refractivity contribution in [1.29, 1.82) is 0 Å². The van der Waals surface area contributed by atoms with E-state index >= 15 is 0 Å². The summed E-state index contributed by atoms with van der Waals surface area (Å²) in [6.45, 7) is 1.47. The van der Waals surface area contributed by atoms with Crippen LogP contribution in [0.15, 0.2) is 40.7 Å². The van der Waals surface area contributed by atoms with Gasteiger partial charge in [0.05, 0.1) is 0 Å². The molecule has 2 aromatic rings. The molecular formula is C17H21N3O3S2. The molecule has 0 radical (unpaired) electrons. The smallest absolute Gasteiger partial charge is 0.262 e. The van der Waals surface area contributed by atoms with E-state index < -0.39 is 10.0 Å². The first-order valence-electron chi connectivity index (χ1n) is 8.35. The summed E-state index contributed by atoms with van der Waals surface area (Å²) in [6.07, 6.45) is 5.10. The zero-order valence-corrected chi connectivity index (χ0v) is 15.5. The molecule has 2 aromatic heterocycles. The van der Waals surface area contributed by atoms with Crippen LogP contribution in [-0.4, -0.2) is 43.2 Å². The number of thiophene rings is 1. The zero-order chi connectivity index (χ0) is 17.7. The third-order valence-electron chi connectivity index (χ3n) is 4.16. The molecule has 1 N–H and O–H groups in total. The minimum Gasteiger partial charge on any atom is -0.351 e. The van der Waals surface area contributed by atoms with Crippen LogP contribution in [0.1, 0.15) is 34.6 Å². The number of nitrogens with one attached hydrogen (secondary N) is 1. The van der Waals surface area contributed by atoms with E-state index in [-0.39, 0.29) is 15.7 Å². The van der Waals surface area contributed by atoms with Crippen LogP contribution in [0.3, 0.4) is 0 Å². The minimum absolute atomic E-state index is 0.120. The van der Waals surface area contributed by atoms with E-state index in [9.17, 15) is 13.2 Å². The van der Waals surface area contributed by atoms with Gasteiger partial charge in [0.1, 0.15) is 9.77 Å². The molecule has 1 saturated heterocycles. The van der Waals surface area contributed by atoms with Gasteiger partial charge in [0.15, 0.2) is 0 Å². The molecule has 0 aromatic carbocycles. The number of amides is 1. The molecular weight excluding hydrogens is 358 g/mol. The van der Waals surface area contributed by atoms with Crippen LogP contribution in [0.2, 0.25) is 0 Å². The van der Waals surface area contributed by atoms with Crippen molar-refractivity contribution in [3.05, 3.63) is 46.4 Å². The quantitative estimate of drug-likeness (QED) is 0.835. The molecule has 25 heavy (non-hydrogen) atoms. The second kappa shape index (κ2) is 8.07. The minimum atomic E-state index is -3.60. The first kappa shape index (κ1) is 18.0. The fraction of sp³-hybridized carbons (Fsp3) is 0.412. The van der Waals surface area contributed by atoms with E-state index in [0.717, 1.165) is 36.3 Å². The van der Waals surface area contributed by atoms with E-state index in [4.69, 9.17) is 0 Å². The standard InChI is InChI=1S/C17H21N3O3S2/c21-17(19-10-7-14-6-2-3-9-18-14)16-15(8-13-24-16)25(22,23)20-11-4-1-5-12-20/h2-3,6,8-9,13H,1,4-5,7,10-12H2,(H,19,21). The van der Waals surface area contributed by atoms with Crippen LogP contribution < -0.4 is 5.32 Å². The van der Waals surface area contributed by atoms with Gasteiger partial charge in [0.2, 0.25) is 10.0 Å². The topological polar surface area (TPSA) is 79.4 Å². The van der Waals surface area contributed by atoms with E-state index in [1.54, 1.807) is 11.6 Å². The largest absolute Gasteiger partial charge is 0.351 e. The Bertz CT molecular complexity index is 813. The third-order valence-corrected chi connectivity index (χ3v) is 7.14. The Labute approximate surface area is 151 Å². The highest BCUT2D eigenvalue weighted by atomic mass is 32.2. The average Bonchev–Trinajstić information content (AvgIpc) is 3.14. The number of pyridine rings is 1. The van der Waals surface area contributed by atoms with Crippen LogP contribution >= 0.6 is 11.3 Å². The van der Waals surface area contributed by atoms with Crippen LogP contribution in [-0.2, 0) is 16.4 Å². The molecule has 0 spiro atoms. The maximum Gasteiger partial charge on any atom is 0.262 e. The number of aromatic nitrogens is 1. The van der Waals surface area contributed by atoms with Crippen LogP contribution in [0.25, 0.3) is 0 Å². The van der Waals surface area contributed by atoms with E-state index in [0.29, 0.717) is 26.1 Å². The molecule has 0 saturated carbocycles. The number of nitrogens with zero attached hydrogens (tertiary/aromatic N) is 2. The Morgan fingerprint density at radius 1 is 1.20 bits per heavy atom. The molecule has 8 heteroatoms. The van der Waals surface area contributed by atoms with Gasteiger partial charge in [0.25, 0.3) is 5.91 Å².